The van der Waals surface area contributed by atoms with E-state index < -0.39 is 11.1 Å². The molecule has 0 radical (unpaired) electrons. The number of nitrogens with zero attached hydrogens (tertiary/aromatic N) is 4. The summed E-state index contributed by atoms with van der Waals surface area (Å²) in [6.45, 7) is 6.24. The Bertz CT molecular complexity index is 1140. The fraction of sp³-hybridized carbons (Fsp3) is 0.409. The van der Waals surface area contributed by atoms with Gasteiger partial charge in [-0.15, -0.1) is 10.2 Å². The van der Waals surface area contributed by atoms with Crippen LogP contribution in [0.4, 0.5) is 16.2 Å². The number of aromatic nitrogens is 2. The summed E-state index contributed by atoms with van der Waals surface area (Å²) in [7, 11) is 0. The third-order valence-electron chi connectivity index (χ3n) is 6.14. The fourth-order valence-electron chi connectivity index (χ4n) is 4.03. The number of aryl methyl sites for hydroxylation is 1. The molecule has 2 aliphatic rings. The molecule has 1 aromatic carbocycles. The summed E-state index contributed by atoms with van der Waals surface area (Å²) in [5.41, 5.74) is 1.59. The van der Waals surface area contributed by atoms with E-state index in [1.54, 1.807) is 23.7 Å². The first-order valence-corrected chi connectivity index (χ1v) is 11.3. The molecule has 1 aliphatic carbocycles. The molecule has 4 rings (SSSR count). The summed E-state index contributed by atoms with van der Waals surface area (Å²) in [4.78, 5) is 23.2. The second kappa shape index (κ2) is 8.78. The zero-order valence-corrected chi connectivity index (χ0v) is 18.9. The van der Waals surface area contributed by atoms with Crippen LogP contribution in [0.3, 0.4) is 0 Å². The molecule has 32 heavy (non-hydrogen) atoms. The number of hydrogen-bond acceptors (Lipinski definition) is 8. The summed E-state index contributed by atoms with van der Waals surface area (Å²) < 4.78 is 1.65. The number of rotatable bonds is 4. The van der Waals surface area contributed by atoms with Crippen molar-refractivity contribution in [1.29, 1.82) is 0 Å². The van der Waals surface area contributed by atoms with Gasteiger partial charge in [-0.25, -0.2) is 4.68 Å². The maximum absolute atomic E-state index is 11.7. The van der Waals surface area contributed by atoms with Crippen molar-refractivity contribution in [2.75, 3.05) is 0 Å². The Hall–Kier alpha value is -3.14. The average Bonchev–Trinajstić information content (AvgIpc) is 3.20. The van der Waals surface area contributed by atoms with Gasteiger partial charge in [-0.1, -0.05) is 19.9 Å². The zero-order valence-electron chi connectivity index (χ0n) is 18.1. The van der Waals surface area contributed by atoms with E-state index in [4.69, 9.17) is 0 Å². The van der Waals surface area contributed by atoms with E-state index in [0.717, 1.165) is 31.0 Å². The van der Waals surface area contributed by atoms with Gasteiger partial charge in [-0.3, -0.25) is 14.9 Å². The van der Waals surface area contributed by atoms with Crippen molar-refractivity contribution in [1.82, 2.24) is 15.1 Å². The molecular formula is C22H25N5O4S. The molecule has 0 bridgehead atoms. The number of phenols is 1. The number of thioether (sulfide) groups is 1. The zero-order chi connectivity index (χ0) is 23.0. The lowest BCUT2D eigenvalue weighted by molar-refractivity contribution is -0.115. The van der Waals surface area contributed by atoms with Crippen LogP contribution in [-0.4, -0.2) is 31.1 Å². The van der Waals surface area contributed by atoms with Crippen LogP contribution < -0.4 is 5.32 Å². The van der Waals surface area contributed by atoms with Crippen LogP contribution in [0.1, 0.15) is 50.4 Å². The van der Waals surface area contributed by atoms with Gasteiger partial charge in [0, 0.05) is 0 Å². The summed E-state index contributed by atoms with van der Waals surface area (Å²) in [5, 5.41) is 35.5. The van der Waals surface area contributed by atoms with E-state index in [-0.39, 0.29) is 34.0 Å². The highest BCUT2D eigenvalue weighted by atomic mass is 32.2. The highest BCUT2D eigenvalue weighted by Gasteiger charge is 2.29. The average molecular weight is 456 g/mol. The van der Waals surface area contributed by atoms with E-state index in [2.05, 4.69) is 34.5 Å². The van der Waals surface area contributed by atoms with Gasteiger partial charge in [0.2, 0.25) is 5.88 Å². The SMILES string of the molecule is Cc1nn(C2CCC(C)C(C)C2)c(O)c1/N=N/c1ccc(/C=C2\SC(=O)NC2=O)cc1O. The molecule has 168 valence electrons. The number of imide groups is 1. The van der Waals surface area contributed by atoms with Crippen molar-refractivity contribution in [3.8, 4) is 11.6 Å². The number of nitrogens with one attached hydrogen (secondary N) is 1. The molecule has 10 heteroatoms. The molecule has 2 fully saturated rings. The van der Waals surface area contributed by atoms with Crippen LogP contribution in [0.5, 0.6) is 11.6 Å². The molecule has 3 atom stereocenters. The van der Waals surface area contributed by atoms with Gasteiger partial charge in [-0.05, 0) is 73.6 Å². The van der Waals surface area contributed by atoms with E-state index in [0.29, 0.717) is 23.1 Å². The maximum atomic E-state index is 11.7. The number of hydrogen-bond donors (Lipinski definition) is 3. The number of carbonyl (C=O) groups is 2. The highest BCUT2D eigenvalue weighted by Crippen LogP contribution is 2.41. The van der Waals surface area contributed by atoms with Gasteiger partial charge in [0.25, 0.3) is 11.1 Å². The van der Waals surface area contributed by atoms with Crippen molar-refractivity contribution >= 4 is 40.4 Å². The largest absolute Gasteiger partial charge is 0.506 e. The second-order valence-corrected chi connectivity index (χ2v) is 9.44. The molecule has 9 nitrogen and oxygen atoms in total. The minimum Gasteiger partial charge on any atom is -0.506 e. The van der Waals surface area contributed by atoms with Gasteiger partial charge in [-0.2, -0.15) is 5.10 Å². The maximum Gasteiger partial charge on any atom is 0.290 e. The highest BCUT2D eigenvalue weighted by molar-refractivity contribution is 8.18. The van der Waals surface area contributed by atoms with E-state index >= 15 is 0 Å². The normalized spacial score (nSPS) is 25.1. The first-order chi connectivity index (χ1) is 15.2. The van der Waals surface area contributed by atoms with Crippen molar-refractivity contribution in [2.45, 2.75) is 46.1 Å². The number of aromatic hydroxyl groups is 2. The Labute approximate surface area is 189 Å². The second-order valence-electron chi connectivity index (χ2n) is 8.42. The van der Waals surface area contributed by atoms with Crippen LogP contribution in [0, 0.1) is 18.8 Å². The van der Waals surface area contributed by atoms with Crippen molar-refractivity contribution < 1.29 is 19.8 Å². The third-order valence-corrected chi connectivity index (χ3v) is 6.95. The van der Waals surface area contributed by atoms with Crippen LogP contribution in [0.15, 0.2) is 33.3 Å². The lowest BCUT2D eigenvalue weighted by Crippen LogP contribution is -2.23. The molecular weight excluding hydrogens is 430 g/mol. The van der Waals surface area contributed by atoms with Crippen LogP contribution in [-0.2, 0) is 4.79 Å². The standard InChI is InChI=1S/C22H25N5O4S/c1-11-4-6-15(8-12(11)2)27-21(30)19(13(3)26-27)25-24-16-7-5-14(9-17(16)28)10-18-20(29)23-22(31)32-18/h5,7,9-12,15,28,30H,4,6,8H2,1-3H3,(H,23,29,31)/b18-10-,25-24+. The first-order valence-electron chi connectivity index (χ1n) is 10.5. The molecule has 3 N–H and O–H groups in total. The van der Waals surface area contributed by atoms with Crippen LogP contribution >= 0.6 is 11.8 Å². The summed E-state index contributed by atoms with van der Waals surface area (Å²) in [6, 6.07) is 4.75. The Kier molecular flexibility index (Phi) is 6.05. The number of amides is 2. The summed E-state index contributed by atoms with van der Waals surface area (Å²) in [6.07, 6.45) is 4.51. The minimum atomic E-state index is -0.465. The Morgan fingerprint density at radius 1 is 1.19 bits per heavy atom. The van der Waals surface area contributed by atoms with Crippen LogP contribution in [0.25, 0.3) is 6.08 Å². The van der Waals surface area contributed by atoms with E-state index in [1.807, 2.05) is 0 Å². The summed E-state index contributed by atoms with van der Waals surface area (Å²) in [5.74, 6) is 0.589. The third kappa shape index (κ3) is 4.40. The minimum absolute atomic E-state index is 0.0206. The number of carbonyl (C=O) groups excluding carboxylic acids is 2. The lowest BCUT2D eigenvalue weighted by Gasteiger charge is -2.32. The van der Waals surface area contributed by atoms with Crippen molar-refractivity contribution in [3.05, 3.63) is 34.4 Å². The molecule has 3 unspecified atom stereocenters. The molecule has 2 heterocycles. The van der Waals surface area contributed by atoms with Gasteiger partial charge in [0.05, 0.1) is 16.6 Å². The number of phenolic OH excluding ortho intramolecular Hbond substituents is 1. The van der Waals surface area contributed by atoms with E-state index in [9.17, 15) is 19.8 Å². The molecule has 0 spiro atoms. The Morgan fingerprint density at radius 2 is 1.97 bits per heavy atom. The Morgan fingerprint density at radius 3 is 2.62 bits per heavy atom. The molecule has 1 saturated carbocycles. The lowest BCUT2D eigenvalue weighted by atomic mass is 9.79. The number of azo groups is 1. The number of benzene rings is 1. The molecule has 2 aromatic rings. The van der Waals surface area contributed by atoms with Gasteiger partial charge < -0.3 is 10.2 Å². The fourth-order valence-corrected chi connectivity index (χ4v) is 4.71. The van der Waals surface area contributed by atoms with Gasteiger partial charge >= 0.3 is 0 Å². The predicted octanol–water partition coefficient (Wildman–Crippen LogP) is 5.34. The van der Waals surface area contributed by atoms with Gasteiger partial charge in [0.1, 0.15) is 11.4 Å². The molecule has 2 amide bonds. The Balaban J connectivity index is 1.53. The van der Waals surface area contributed by atoms with Crippen LogP contribution in [0.2, 0.25) is 0 Å². The molecule has 1 aliphatic heterocycles. The quantitative estimate of drug-likeness (QED) is 0.421. The van der Waals surface area contributed by atoms with Crippen molar-refractivity contribution in [2.24, 2.45) is 22.1 Å². The molecule has 1 aromatic heterocycles. The van der Waals surface area contributed by atoms with Crippen molar-refractivity contribution in [3.63, 3.8) is 0 Å². The summed E-state index contributed by atoms with van der Waals surface area (Å²) >= 11 is 0.804. The van der Waals surface area contributed by atoms with E-state index in [1.165, 1.54) is 12.1 Å². The monoisotopic (exact) mass is 455 g/mol. The molecule has 1 saturated heterocycles. The van der Waals surface area contributed by atoms with Gasteiger partial charge in [0.15, 0.2) is 5.69 Å². The predicted molar refractivity (Wildman–Crippen MR) is 121 cm³/mol. The topological polar surface area (TPSA) is 129 Å². The first kappa shape index (κ1) is 22.1. The smallest absolute Gasteiger partial charge is 0.290 e.